The molecule has 0 radical (unpaired) electrons. The van der Waals surface area contributed by atoms with E-state index in [1.807, 2.05) is 31.3 Å². The number of anilines is 1. The molecule has 1 N–H and O–H groups in total. The second-order valence-electron chi connectivity index (χ2n) is 6.53. The molecule has 1 saturated carbocycles. The molecule has 0 atom stereocenters. The summed E-state index contributed by atoms with van der Waals surface area (Å²) >= 11 is 0. The molecule has 5 nitrogen and oxygen atoms in total. The Balaban J connectivity index is 1.46. The highest BCUT2D eigenvalue weighted by Gasteiger charge is 2.38. The van der Waals surface area contributed by atoms with Gasteiger partial charge >= 0.3 is 0 Å². The molecular formula is C19H21N5. The fourth-order valence-corrected chi connectivity index (χ4v) is 3.31. The van der Waals surface area contributed by atoms with Gasteiger partial charge in [0.15, 0.2) is 5.82 Å². The van der Waals surface area contributed by atoms with Gasteiger partial charge in [0.05, 0.1) is 5.69 Å². The van der Waals surface area contributed by atoms with Crippen molar-refractivity contribution in [1.82, 2.24) is 20.0 Å². The van der Waals surface area contributed by atoms with Crippen molar-refractivity contribution in [3.05, 3.63) is 66.0 Å². The molecule has 0 saturated heterocycles. The van der Waals surface area contributed by atoms with Crippen LogP contribution in [0, 0.1) is 6.92 Å². The molecule has 1 aliphatic rings. The summed E-state index contributed by atoms with van der Waals surface area (Å²) in [5.41, 5.74) is 2.62. The minimum absolute atomic E-state index is 0.237. The number of nitrogens with one attached hydrogen (secondary N) is 1. The van der Waals surface area contributed by atoms with E-state index in [0.29, 0.717) is 0 Å². The highest BCUT2D eigenvalue weighted by Crippen LogP contribution is 2.43. The van der Waals surface area contributed by atoms with Crippen LogP contribution in [0.1, 0.15) is 30.5 Å². The second-order valence-corrected chi connectivity index (χ2v) is 6.53. The largest absolute Gasteiger partial charge is 0.368 e. The summed E-state index contributed by atoms with van der Waals surface area (Å²) in [6.07, 6.45) is 5.63. The molecule has 5 heteroatoms. The molecule has 0 unspecified atom stereocenters. The molecule has 122 valence electrons. The van der Waals surface area contributed by atoms with Crippen LogP contribution in [0.5, 0.6) is 0 Å². The number of rotatable bonds is 5. The van der Waals surface area contributed by atoms with Crippen LogP contribution in [-0.4, -0.2) is 26.5 Å². The first-order valence-electron chi connectivity index (χ1n) is 8.41. The van der Waals surface area contributed by atoms with E-state index >= 15 is 0 Å². The van der Waals surface area contributed by atoms with E-state index in [-0.39, 0.29) is 5.41 Å². The van der Waals surface area contributed by atoms with E-state index in [4.69, 9.17) is 0 Å². The summed E-state index contributed by atoms with van der Waals surface area (Å²) in [6.45, 7) is 2.85. The topological polar surface area (TPSA) is 55.6 Å². The SMILES string of the molecule is Cc1ccn(-c2ccc(NCC3(c4ccccc4)CCC3)nn2)n1. The van der Waals surface area contributed by atoms with Crippen molar-refractivity contribution in [2.45, 2.75) is 31.6 Å². The van der Waals surface area contributed by atoms with Gasteiger partial charge in [-0.1, -0.05) is 36.8 Å². The Hall–Kier alpha value is -2.69. The summed E-state index contributed by atoms with van der Waals surface area (Å²) in [4.78, 5) is 0. The summed E-state index contributed by atoms with van der Waals surface area (Å²) < 4.78 is 1.74. The summed E-state index contributed by atoms with van der Waals surface area (Å²) in [5, 5.41) is 16.4. The molecule has 1 aliphatic carbocycles. The lowest BCUT2D eigenvalue weighted by Gasteiger charge is -2.42. The minimum Gasteiger partial charge on any atom is -0.368 e. The monoisotopic (exact) mass is 319 g/mol. The maximum atomic E-state index is 4.35. The predicted molar refractivity (Wildman–Crippen MR) is 94.4 cm³/mol. The van der Waals surface area contributed by atoms with Crippen molar-refractivity contribution in [2.24, 2.45) is 0 Å². The molecule has 4 rings (SSSR count). The molecular weight excluding hydrogens is 298 g/mol. The number of aryl methyl sites for hydroxylation is 1. The van der Waals surface area contributed by atoms with Crippen molar-refractivity contribution in [2.75, 3.05) is 11.9 Å². The Morgan fingerprint density at radius 1 is 1.04 bits per heavy atom. The third-order valence-corrected chi connectivity index (χ3v) is 4.91. The quantitative estimate of drug-likeness (QED) is 0.782. The fourth-order valence-electron chi connectivity index (χ4n) is 3.31. The molecule has 2 aromatic heterocycles. The maximum Gasteiger partial charge on any atom is 0.175 e. The molecule has 3 aromatic rings. The molecule has 0 bridgehead atoms. The van der Waals surface area contributed by atoms with E-state index in [2.05, 4.69) is 50.9 Å². The highest BCUT2D eigenvalue weighted by atomic mass is 15.3. The first-order chi connectivity index (χ1) is 11.8. The van der Waals surface area contributed by atoms with E-state index in [1.165, 1.54) is 24.8 Å². The van der Waals surface area contributed by atoms with Crippen LogP contribution < -0.4 is 5.32 Å². The van der Waals surface area contributed by atoms with Gasteiger partial charge in [-0.3, -0.25) is 0 Å². The summed E-state index contributed by atoms with van der Waals surface area (Å²) in [6, 6.07) is 16.6. The van der Waals surface area contributed by atoms with Crippen molar-refractivity contribution in [3.63, 3.8) is 0 Å². The van der Waals surface area contributed by atoms with Crippen LogP contribution in [-0.2, 0) is 5.41 Å². The molecule has 0 amide bonds. The Morgan fingerprint density at radius 3 is 2.46 bits per heavy atom. The third-order valence-electron chi connectivity index (χ3n) is 4.91. The smallest absolute Gasteiger partial charge is 0.175 e. The van der Waals surface area contributed by atoms with Gasteiger partial charge in [0.2, 0.25) is 0 Å². The zero-order valence-electron chi connectivity index (χ0n) is 13.8. The van der Waals surface area contributed by atoms with Crippen molar-refractivity contribution >= 4 is 5.82 Å². The fraction of sp³-hybridized carbons (Fsp3) is 0.316. The van der Waals surface area contributed by atoms with Crippen LogP contribution in [0.4, 0.5) is 5.82 Å². The zero-order valence-corrected chi connectivity index (χ0v) is 13.8. The van der Waals surface area contributed by atoms with Gasteiger partial charge in [-0.2, -0.15) is 5.10 Å². The Bertz CT molecular complexity index is 803. The van der Waals surface area contributed by atoms with Gasteiger partial charge < -0.3 is 5.32 Å². The van der Waals surface area contributed by atoms with Gasteiger partial charge in [-0.15, -0.1) is 10.2 Å². The van der Waals surface area contributed by atoms with Crippen molar-refractivity contribution in [3.8, 4) is 5.82 Å². The third kappa shape index (κ3) is 2.77. The normalized spacial score (nSPS) is 15.7. The lowest BCUT2D eigenvalue weighted by atomic mass is 9.64. The number of nitrogens with zero attached hydrogens (tertiary/aromatic N) is 4. The minimum atomic E-state index is 0.237. The maximum absolute atomic E-state index is 4.35. The molecule has 0 aliphatic heterocycles. The predicted octanol–water partition coefficient (Wildman–Crippen LogP) is 3.50. The first kappa shape index (κ1) is 14.9. The Morgan fingerprint density at radius 2 is 1.88 bits per heavy atom. The van der Waals surface area contributed by atoms with Gasteiger partial charge in [0.25, 0.3) is 0 Å². The Kier molecular flexibility index (Phi) is 3.76. The van der Waals surface area contributed by atoms with E-state index in [9.17, 15) is 0 Å². The number of hydrogen-bond donors (Lipinski definition) is 1. The van der Waals surface area contributed by atoms with Crippen LogP contribution in [0.15, 0.2) is 54.7 Å². The van der Waals surface area contributed by atoms with Crippen LogP contribution in [0.25, 0.3) is 5.82 Å². The van der Waals surface area contributed by atoms with Gasteiger partial charge in [-0.25, -0.2) is 4.68 Å². The van der Waals surface area contributed by atoms with E-state index in [1.54, 1.807) is 4.68 Å². The van der Waals surface area contributed by atoms with Crippen molar-refractivity contribution in [1.29, 1.82) is 0 Å². The zero-order chi connectivity index (χ0) is 16.4. The van der Waals surface area contributed by atoms with Crippen LogP contribution in [0.2, 0.25) is 0 Å². The summed E-state index contributed by atoms with van der Waals surface area (Å²) in [5.74, 6) is 1.54. The number of aromatic nitrogens is 4. The van der Waals surface area contributed by atoms with Crippen LogP contribution >= 0.6 is 0 Å². The van der Waals surface area contributed by atoms with Gasteiger partial charge in [0, 0.05) is 18.2 Å². The van der Waals surface area contributed by atoms with E-state index in [0.717, 1.165) is 23.9 Å². The van der Waals surface area contributed by atoms with Crippen LogP contribution in [0.3, 0.4) is 0 Å². The Labute approximate surface area is 141 Å². The summed E-state index contributed by atoms with van der Waals surface area (Å²) in [7, 11) is 0. The molecule has 0 spiro atoms. The second kappa shape index (κ2) is 6.07. The lowest BCUT2D eigenvalue weighted by Crippen LogP contribution is -2.41. The first-order valence-corrected chi connectivity index (χ1v) is 8.41. The lowest BCUT2D eigenvalue weighted by molar-refractivity contribution is 0.260. The standard InChI is InChI=1S/C19H21N5/c1-15-10-13-24(23-15)18-9-8-17(21-22-18)20-14-19(11-5-12-19)16-6-3-2-4-7-16/h2-4,6-10,13H,5,11-12,14H2,1H3,(H,20,21). The highest BCUT2D eigenvalue weighted by molar-refractivity contribution is 5.39. The number of benzene rings is 1. The van der Waals surface area contributed by atoms with Gasteiger partial charge in [-0.05, 0) is 43.5 Å². The van der Waals surface area contributed by atoms with Gasteiger partial charge in [0.1, 0.15) is 5.82 Å². The molecule has 1 fully saturated rings. The number of hydrogen-bond acceptors (Lipinski definition) is 4. The molecule has 24 heavy (non-hydrogen) atoms. The molecule has 1 aromatic carbocycles. The average Bonchev–Trinajstić information content (AvgIpc) is 3.02. The van der Waals surface area contributed by atoms with E-state index < -0.39 is 0 Å². The van der Waals surface area contributed by atoms with Crippen molar-refractivity contribution < 1.29 is 0 Å². The molecule has 2 heterocycles. The average molecular weight is 319 g/mol.